The number of rotatable bonds is 6. The topological polar surface area (TPSA) is 118 Å². The van der Waals surface area contributed by atoms with E-state index in [0.717, 1.165) is 0 Å². The van der Waals surface area contributed by atoms with Crippen molar-refractivity contribution in [2.24, 2.45) is 5.16 Å². The lowest BCUT2D eigenvalue weighted by molar-refractivity contribution is -0.142. The fourth-order valence-electron chi connectivity index (χ4n) is 1.83. The number of aliphatic carboxylic acids is 1. The molecule has 2 aromatic rings. The van der Waals surface area contributed by atoms with Crippen LogP contribution >= 0.6 is 11.3 Å². The Labute approximate surface area is 127 Å². The zero-order valence-corrected chi connectivity index (χ0v) is 12.3. The van der Waals surface area contributed by atoms with Crippen molar-refractivity contribution in [2.75, 3.05) is 6.61 Å². The Morgan fingerprint density at radius 1 is 1.45 bits per heavy atom. The first kappa shape index (κ1) is 15.7. The van der Waals surface area contributed by atoms with E-state index in [4.69, 9.17) is 10.2 Å². The highest BCUT2D eigenvalue weighted by Gasteiger charge is 2.16. The smallest absolute Gasteiger partial charge is 0.344 e. The van der Waals surface area contributed by atoms with E-state index in [9.17, 15) is 14.4 Å². The minimum absolute atomic E-state index is 0.284. The van der Waals surface area contributed by atoms with E-state index in [0.29, 0.717) is 16.3 Å². The van der Waals surface area contributed by atoms with Crippen LogP contribution in [-0.2, 0) is 16.2 Å². The molecule has 0 fully saturated rings. The fourth-order valence-corrected chi connectivity index (χ4v) is 2.88. The summed E-state index contributed by atoms with van der Waals surface area (Å²) < 4.78 is 1.67. The van der Waals surface area contributed by atoms with Crippen molar-refractivity contribution in [3.05, 3.63) is 32.9 Å². The van der Waals surface area contributed by atoms with Crippen molar-refractivity contribution in [2.45, 2.75) is 13.5 Å². The molecule has 0 atom stereocenters. The predicted octanol–water partition coefficient (Wildman–Crippen LogP) is 1.22. The third-order valence-electron chi connectivity index (χ3n) is 2.78. The summed E-state index contributed by atoms with van der Waals surface area (Å²) in [6.07, 6.45) is 2.60. The maximum absolute atomic E-state index is 12.1. The second-order valence-corrected chi connectivity index (χ2v) is 5.29. The fraction of sp³-hybridized carbons (Fsp3) is 0.231. The Balaban J connectivity index is 2.45. The minimum atomic E-state index is -1.28. The van der Waals surface area contributed by atoms with Crippen molar-refractivity contribution >= 4 is 39.7 Å². The molecule has 0 aliphatic carbocycles. The Hall–Kier alpha value is -2.68. The highest BCUT2D eigenvalue weighted by Crippen LogP contribution is 2.23. The Morgan fingerprint density at radius 3 is 2.77 bits per heavy atom. The van der Waals surface area contributed by atoms with Gasteiger partial charge in [0.2, 0.25) is 12.0 Å². The summed E-state index contributed by atoms with van der Waals surface area (Å²) in [5.74, 6) is -2.43. The first-order valence-electron chi connectivity index (χ1n) is 6.21. The van der Waals surface area contributed by atoms with Crippen molar-refractivity contribution in [3.8, 4) is 0 Å². The number of aryl methyl sites for hydroxylation is 1. The summed E-state index contributed by atoms with van der Waals surface area (Å²) in [7, 11) is 0. The van der Waals surface area contributed by atoms with Crippen molar-refractivity contribution < 1.29 is 24.6 Å². The van der Waals surface area contributed by atoms with E-state index < -0.39 is 24.0 Å². The van der Waals surface area contributed by atoms with E-state index in [2.05, 4.69) is 9.99 Å². The molecule has 2 rings (SSSR count). The second-order valence-electron chi connectivity index (χ2n) is 4.23. The molecule has 0 saturated carbocycles. The summed E-state index contributed by atoms with van der Waals surface area (Å²) in [6, 6.07) is 1.51. The number of hydrogen-bond acceptors (Lipinski definition) is 6. The SMILES string of the molecule is CCn1cc(C(=O)O)c(=O)c2cc(C=NOCC(=O)O)sc21. The average molecular weight is 324 g/mol. The number of thiophene rings is 1. The van der Waals surface area contributed by atoms with Gasteiger partial charge in [-0.1, -0.05) is 5.16 Å². The van der Waals surface area contributed by atoms with E-state index in [-0.39, 0.29) is 10.9 Å². The lowest BCUT2D eigenvalue weighted by atomic mass is 10.2. The number of oxime groups is 1. The third kappa shape index (κ3) is 3.14. The van der Waals surface area contributed by atoms with Gasteiger partial charge >= 0.3 is 11.9 Å². The van der Waals surface area contributed by atoms with Gasteiger partial charge in [-0.05, 0) is 13.0 Å². The molecule has 0 spiro atoms. The van der Waals surface area contributed by atoms with E-state index in [1.165, 1.54) is 29.8 Å². The Bertz CT molecular complexity index is 820. The van der Waals surface area contributed by atoms with Crippen LogP contribution in [0.5, 0.6) is 0 Å². The Morgan fingerprint density at radius 2 is 2.18 bits per heavy atom. The van der Waals surface area contributed by atoms with E-state index >= 15 is 0 Å². The molecule has 2 N–H and O–H groups in total. The van der Waals surface area contributed by atoms with Crippen LogP contribution in [0.15, 0.2) is 22.2 Å². The van der Waals surface area contributed by atoms with Gasteiger partial charge < -0.3 is 19.6 Å². The lowest BCUT2D eigenvalue weighted by Gasteiger charge is -2.05. The van der Waals surface area contributed by atoms with Gasteiger partial charge in [-0.25, -0.2) is 9.59 Å². The number of carboxylic acid groups (broad SMARTS) is 2. The van der Waals surface area contributed by atoms with Crippen LogP contribution < -0.4 is 5.43 Å². The molecule has 0 bridgehead atoms. The number of fused-ring (bicyclic) bond motifs is 1. The van der Waals surface area contributed by atoms with Crippen molar-refractivity contribution in [1.29, 1.82) is 0 Å². The van der Waals surface area contributed by atoms with Gasteiger partial charge in [0.15, 0.2) is 0 Å². The van der Waals surface area contributed by atoms with Crippen LogP contribution in [0.4, 0.5) is 0 Å². The van der Waals surface area contributed by atoms with E-state index in [1.807, 2.05) is 6.92 Å². The van der Waals surface area contributed by atoms with Crippen LogP contribution in [0.1, 0.15) is 22.2 Å². The van der Waals surface area contributed by atoms with Gasteiger partial charge in [0, 0.05) is 12.7 Å². The van der Waals surface area contributed by atoms with Gasteiger partial charge in [0.25, 0.3) is 0 Å². The van der Waals surface area contributed by atoms with Crippen LogP contribution in [0.25, 0.3) is 10.2 Å². The molecule has 22 heavy (non-hydrogen) atoms. The molecule has 2 heterocycles. The molecule has 8 nitrogen and oxygen atoms in total. The summed E-state index contributed by atoms with van der Waals surface area (Å²) in [5.41, 5.74) is -0.854. The maximum atomic E-state index is 12.1. The second kappa shape index (κ2) is 6.39. The van der Waals surface area contributed by atoms with Gasteiger partial charge in [0.1, 0.15) is 10.4 Å². The molecule has 0 radical (unpaired) electrons. The third-order valence-corrected chi connectivity index (χ3v) is 3.89. The minimum Gasteiger partial charge on any atom is -0.479 e. The highest BCUT2D eigenvalue weighted by atomic mass is 32.1. The zero-order chi connectivity index (χ0) is 16.3. The number of aromatic carboxylic acids is 1. The number of carbonyl (C=O) groups is 2. The zero-order valence-electron chi connectivity index (χ0n) is 11.5. The predicted molar refractivity (Wildman–Crippen MR) is 79.9 cm³/mol. The number of nitrogens with zero attached hydrogens (tertiary/aromatic N) is 2. The molecule has 0 aliphatic rings. The molecule has 0 amide bonds. The molecule has 0 saturated heterocycles. The van der Waals surface area contributed by atoms with Crippen LogP contribution in [-0.4, -0.2) is 39.5 Å². The average Bonchev–Trinajstić information content (AvgIpc) is 2.88. The van der Waals surface area contributed by atoms with Gasteiger partial charge in [-0.3, -0.25) is 4.79 Å². The normalized spacial score (nSPS) is 11.1. The van der Waals surface area contributed by atoms with Gasteiger partial charge in [-0.2, -0.15) is 0 Å². The van der Waals surface area contributed by atoms with Crippen LogP contribution in [0.3, 0.4) is 0 Å². The first-order valence-corrected chi connectivity index (χ1v) is 7.03. The summed E-state index contributed by atoms with van der Waals surface area (Å²) in [6.45, 7) is 1.77. The quantitative estimate of drug-likeness (QED) is 0.609. The standard InChI is InChI=1S/C13H12N2O6S/c1-2-15-5-9(13(19)20)11(18)8-3-7(22-12(8)15)4-14-21-6-10(16)17/h3-5H,2,6H2,1H3,(H,16,17)(H,19,20). The highest BCUT2D eigenvalue weighted by molar-refractivity contribution is 7.20. The molecule has 0 unspecified atom stereocenters. The monoisotopic (exact) mass is 324 g/mol. The van der Waals surface area contributed by atoms with E-state index in [1.54, 1.807) is 4.57 Å². The largest absolute Gasteiger partial charge is 0.479 e. The van der Waals surface area contributed by atoms with Crippen LogP contribution in [0, 0.1) is 0 Å². The molecule has 0 aliphatic heterocycles. The number of hydrogen-bond donors (Lipinski definition) is 2. The summed E-state index contributed by atoms with van der Waals surface area (Å²) in [5, 5.41) is 21.3. The molecular weight excluding hydrogens is 312 g/mol. The maximum Gasteiger partial charge on any atom is 0.344 e. The number of carboxylic acids is 2. The molecule has 9 heteroatoms. The van der Waals surface area contributed by atoms with Gasteiger partial charge in [0.05, 0.1) is 16.5 Å². The first-order chi connectivity index (χ1) is 10.4. The van der Waals surface area contributed by atoms with Crippen molar-refractivity contribution in [1.82, 2.24) is 4.57 Å². The van der Waals surface area contributed by atoms with Crippen molar-refractivity contribution in [3.63, 3.8) is 0 Å². The molecular formula is C13H12N2O6S. The lowest BCUT2D eigenvalue weighted by Crippen LogP contribution is -2.17. The van der Waals surface area contributed by atoms with Gasteiger partial charge in [-0.15, -0.1) is 11.3 Å². The summed E-state index contributed by atoms with van der Waals surface area (Å²) >= 11 is 1.24. The number of aromatic nitrogens is 1. The molecule has 116 valence electrons. The molecule has 2 aromatic heterocycles. The number of pyridine rings is 1. The molecule has 0 aromatic carbocycles. The Kier molecular flexibility index (Phi) is 4.56. The van der Waals surface area contributed by atoms with Crippen LogP contribution in [0.2, 0.25) is 0 Å². The summed E-state index contributed by atoms with van der Waals surface area (Å²) in [4.78, 5) is 39.2.